The van der Waals surface area contributed by atoms with E-state index in [4.69, 9.17) is 9.36 Å². The Kier molecular flexibility index (Phi) is 7.42. The van der Waals surface area contributed by atoms with Crippen molar-refractivity contribution in [1.82, 2.24) is 5.06 Å². The lowest BCUT2D eigenvalue weighted by molar-refractivity contribution is -0.314. The van der Waals surface area contributed by atoms with Crippen LogP contribution in [-0.4, -0.2) is 35.3 Å². The molecule has 0 amide bonds. The molecule has 4 nitrogen and oxygen atoms in total. The number of hydrogen-bond acceptors (Lipinski definition) is 4. The lowest BCUT2D eigenvalue weighted by Crippen LogP contribution is -2.58. The molecule has 0 heterocycles. The summed E-state index contributed by atoms with van der Waals surface area (Å²) < 4.78 is 19.2. The molecule has 0 radical (unpaired) electrons. The fourth-order valence-corrected chi connectivity index (χ4v) is 5.34. The normalized spacial score (nSPS) is 18.6. The standard InChI is InChI=1S/C19H42NO3P/c1-14-22-24(13,21)15(16(2,3)4)20(18(8,9)10)23-19(11,12)17(5,6)7/h15H,14H2,1-13H3. The van der Waals surface area contributed by atoms with Crippen LogP contribution in [0.2, 0.25) is 0 Å². The molecule has 5 heteroatoms. The van der Waals surface area contributed by atoms with Crippen molar-refractivity contribution in [2.45, 2.75) is 100 Å². The molecule has 0 aliphatic heterocycles. The first kappa shape index (κ1) is 24.1. The van der Waals surface area contributed by atoms with Crippen molar-refractivity contribution in [3.63, 3.8) is 0 Å². The molecule has 0 spiro atoms. The van der Waals surface area contributed by atoms with Crippen LogP contribution in [0.5, 0.6) is 0 Å². The zero-order valence-corrected chi connectivity index (χ0v) is 19.3. The van der Waals surface area contributed by atoms with Gasteiger partial charge in [-0.1, -0.05) is 41.5 Å². The number of nitrogens with zero attached hydrogens (tertiary/aromatic N) is 1. The van der Waals surface area contributed by atoms with Crippen LogP contribution in [0.3, 0.4) is 0 Å². The summed E-state index contributed by atoms with van der Waals surface area (Å²) in [7, 11) is -2.91. The lowest BCUT2D eigenvalue weighted by Gasteiger charge is -2.52. The summed E-state index contributed by atoms with van der Waals surface area (Å²) in [6.07, 6.45) is 0. The number of rotatable bonds is 6. The lowest BCUT2D eigenvalue weighted by atomic mass is 9.79. The second-order valence-corrected chi connectivity index (χ2v) is 13.0. The summed E-state index contributed by atoms with van der Waals surface area (Å²) in [5, 5.41) is 1.94. The van der Waals surface area contributed by atoms with E-state index in [0.717, 1.165) is 0 Å². The van der Waals surface area contributed by atoms with Crippen LogP contribution in [-0.2, 0) is 13.9 Å². The molecule has 0 fully saturated rings. The number of hydrogen-bond donors (Lipinski definition) is 0. The molecule has 0 bridgehead atoms. The molecule has 24 heavy (non-hydrogen) atoms. The van der Waals surface area contributed by atoms with E-state index in [1.807, 2.05) is 12.0 Å². The molecule has 0 aliphatic carbocycles. The van der Waals surface area contributed by atoms with Gasteiger partial charge in [-0.25, -0.2) is 0 Å². The Morgan fingerprint density at radius 3 is 1.58 bits per heavy atom. The Morgan fingerprint density at radius 1 is 0.917 bits per heavy atom. The minimum Gasteiger partial charge on any atom is -0.328 e. The maximum Gasteiger partial charge on any atom is 0.219 e. The molecule has 0 aromatic heterocycles. The third kappa shape index (κ3) is 6.12. The molecule has 0 saturated heterocycles. The molecule has 0 aromatic rings. The predicted octanol–water partition coefficient (Wildman–Crippen LogP) is 6.16. The van der Waals surface area contributed by atoms with Crippen molar-refractivity contribution in [3.05, 3.63) is 0 Å². The van der Waals surface area contributed by atoms with E-state index in [2.05, 4.69) is 76.2 Å². The van der Waals surface area contributed by atoms with Gasteiger partial charge in [0.15, 0.2) is 0 Å². The van der Waals surface area contributed by atoms with Gasteiger partial charge in [0.1, 0.15) is 5.78 Å². The molecule has 0 rings (SSSR count). The van der Waals surface area contributed by atoms with E-state index in [0.29, 0.717) is 6.61 Å². The van der Waals surface area contributed by atoms with Gasteiger partial charge < -0.3 is 4.52 Å². The van der Waals surface area contributed by atoms with Crippen molar-refractivity contribution in [3.8, 4) is 0 Å². The van der Waals surface area contributed by atoms with E-state index in [1.165, 1.54) is 0 Å². The minimum absolute atomic E-state index is 0.0672. The highest BCUT2D eigenvalue weighted by atomic mass is 31.2. The Labute approximate surface area is 151 Å². The van der Waals surface area contributed by atoms with Gasteiger partial charge in [-0.2, -0.15) is 5.06 Å². The van der Waals surface area contributed by atoms with Crippen molar-refractivity contribution in [2.24, 2.45) is 10.8 Å². The molecule has 2 atom stereocenters. The maximum atomic E-state index is 13.4. The van der Waals surface area contributed by atoms with Gasteiger partial charge in [0.2, 0.25) is 7.37 Å². The molecule has 0 saturated carbocycles. The molecule has 146 valence electrons. The Bertz CT molecular complexity index is 453. The van der Waals surface area contributed by atoms with Gasteiger partial charge in [-0.3, -0.25) is 9.40 Å². The van der Waals surface area contributed by atoms with E-state index in [1.54, 1.807) is 6.66 Å². The van der Waals surface area contributed by atoms with Gasteiger partial charge in [0, 0.05) is 12.2 Å². The van der Waals surface area contributed by atoms with Gasteiger partial charge in [0.25, 0.3) is 0 Å². The summed E-state index contributed by atoms with van der Waals surface area (Å²) in [6, 6.07) is 0. The fraction of sp³-hybridized carbons (Fsp3) is 1.00. The first-order valence-corrected chi connectivity index (χ1v) is 11.1. The van der Waals surface area contributed by atoms with E-state index in [9.17, 15) is 4.57 Å². The average molecular weight is 364 g/mol. The average Bonchev–Trinajstić information content (AvgIpc) is 2.21. The summed E-state index contributed by atoms with van der Waals surface area (Å²) in [6.45, 7) is 27.3. The summed E-state index contributed by atoms with van der Waals surface area (Å²) in [5.74, 6) is -0.341. The van der Waals surface area contributed by atoms with Gasteiger partial charge in [-0.15, -0.1) is 0 Å². The van der Waals surface area contributed by atoms with Crippen LogP contribution in [0.4, 0.5) is 0 Å². The quantitative estimate of drug-likeness (QED) is 0.418. The highest BCUT2D eigenvalue weighted by Gasteiger charge is 2.50. The topological polar surface area (TPSA) is 38.8 Å². The van der Waals surface area contributed by atoms with E-state index in [-0.39, 0.29) is 22.2 Å². The van der Waals surface area contributed by atoms with Crippen molar-refractivity contribution < 1.29 is 13.9 Å². The van der Waals surface area contributed by atoms with Gasteiger partial charge in [-0.05, 0) is 52.4 Å². The Hall–Kier alpha value is 0.110. The van der Waals surface area contributed by atoms with Crippen LogP contribution in [0.1, 0.15) is 83.1 Å². The van der Waals surface area contributed by atoms with Crippen molar-refractivity contribution >= 4 is 7.37 Å². The largest absolute Gasteiger partial charge is 0.328 e. The molecule has 2 unspecified atom stereocenters. The molecule has 0 aromatic carbocycles. The highest BCUT2D eigenvalue weighted by Crippen LogP contribution is 2.58. The van der Waals surface area contributed by atoms with Crippen LogP contribution in [0.25, 0.3) is 0 Å². The summed E-state index contributed by atoms with van der Waals surface area (Å²) in [4.78, 5) is 6.57. The highest BCUT2D eigenvalue weighted by molar-refractivity contribution is 7.58. The SMILES string of the molecule is CCOP(C)(=O)C(N(OC(C)(C)C(C)(C)C)C(C)(C)C)C(C)(C)C. The molecule has 0 N–H and O–H groups in total. The zero-order valence-electron chi connectivity index (χ0n) is 18.4. The third-order valence-corrected chi connectivity index (χ3v) is 7.26. The second-order valence-electron chi connectivity index (χ2n) is 10.4. The summed E-state index contributed by atoms with van der Waals surface area (Å²) in [5.41, 5.74) is -1.07. The predicted molar refractivity (Wildman–Crippen MR) is 105 cm³/mol. The monoisotopic (exact) mass is 363 g/mol. The number of hydroxylamine groups is 2. The maximum absolute atomic E-state index is 13.4. The molecule has 0 aliphatic rings. The smallest absolute Gasteiger partial charge is 0.219 e. The first-order valence-electron chi connectivity index (χ1n) is 8.97. The van der Waals surface area contributed by atoms with Crippen molar-refractivity contribution in [2.75, 3.05) is 13.3 Å². The van der Waals surface area contributed by atoms with Crippen LogP contribution < -0.4 is 0 Å². The minimum atomic E-state index is -2.91. The van der Waals surface area contributed by atoms with E-state index >= 15 is 0 Å². The Balaban J connectivity index is 6.16. The fourth-order valence-electron chi connectivity index (χ4n) is 2.51. The Morgan fingerprint density at radius 2 is 1.33 bits per heavy atom. The van der Waals surface area contributed by atoms with Crippen molar-refractivity contribution in [1.29, 1.82) is 0 Å². The third-order valence-electron chi connectivity index (χ3n) is 4.62. The zero-order chi connectivity index (χ0) is 19.8. The van der Waals surface area contributed by atoms with Crippen LogP contribution in [0.15, 0.2) is 0 Å². The van der Waals surface area contributed by atoms with E-state index < -0.39 is 13.0 Å². The molecular formula is C19H42NO3P. The first-order chi connectivity index (χ1) is 10.3. The van der Waals surface area contributed by atoms with Gasteiger partial charge >= 0.3 is 0 Å². The van der Waals surface area contributed by atoms with Crippen LogP contribution >= 0.6 is 7.37 Å². The molecular weight excluding hydrogens is 321 g/mol. The van der Waals surface area contributed by atoms with Crippen LogP contribution in [0, 0.1) is 10.8 Å². The summed E-state index contributed by atoms with van der Waals surface area (Å²) >= 11 is 0. The second kappa shape index (κ2) is 7.39. The van der Waals surface area contributed by atoms with Gasteiger partial charge in [0.05, 0.1) is 12.2 Å².